The van der Waals surface area contributed by atoms with Gasteiger partial charge in [-0.05, 0) is 24.6 Å². The highest BCUT2D eigenvalue weighted by Gasteiger charge is 2.20. The monoisotopic (exact) mass is 252 g/mol. The topological polar surface area (TPSA) is 63.4 Å². The molecule has 0 saturated heterocycles. The van der Waals surface area contributed by atoms with Crippen LogP contribution >= 0.6 is 0 Å². The number of hydrogen-bond acceptors (Lipinski definition) is 3. The molecule has 0 amide bonds. The predicted octanol–water partition coefficient (Wildman–Crippen LogP) is 0.556. The molecule has 0 aliphatic rings. The van der Waals surface area contributed by atoms with Crippen LogP contribution < -0.4 is 5.73 Å². The Bertz CT molecular complexity index is 566. The fourth-order valence-corrected chi connectivity index (χ4v) is 2.33. The molecule has 0 radical (unpaired) electrons. The normalized spacial score (nSPS) is 11.1. The highest BCUT2D eigenvalue weighted by Crippen LogP contribution is 2.19. The Kier molecular flexibility index (Phi) is 4.29. The Hall–Kier alpha value is -1.35. The van der Waals surface area contributed by atoms with E-state index in [1.807, 2.05) is 6.92 Å². The van der Waals surface area contributed by atoms with Crippen molar-refractivity contribution in [2.45, 2.75) is 11.8 Å². The van der Waals surface area contributed by atoms with Crippen LogP contribution in [0.25, 0.3) is 0 Å². The number of nitrogens with zero attached hydrogens (tertiary/aromatic N) is 1. The lowest BCUT2D eigenvalue weighted by Crippen LogP contribution is -2.23. The van der Waals surface area contributed by atoms with Crippen LogP contribution in [0, 0.1) is 18.8 Å². The van der Waals surface area contributed by atoms with Crippen LogP contribution in [0.1, 0.15) is 11.1 Å². The van der Waals surface area contributed by atoms with Crippen molar-refractivity contribution in [3.8, 4) is 11.8 Å². The number of sulfonamides is 1. The van der Waals surface area contributed by atoms with Crippen molar-refractivity contribution in [1.29, 1.82) is 0 Å². The molecular formula is C12H16N2O2S. The van der Waals surface area contributed by atoms with Crippen LogP contribution in [0.2, 0.25) is 0 Å². The first-order chi connectivity index (χ1) is 7.89. The van der Waals surface area contributed by atoms with Crippen molar-refractivity contribution < 1.29 is 8.42 Å². The van der Waals surface area contributed by atoms with Gasteiger partial charge < -0.3 is 5.73 Å². The zero-order valence-electron chi connectivity index (χ0n) is 10.2. The molecule has 1 aromatic rings. The number of rotatable bonds is 2. The van der Waals surface area contributed by atoms with Gasteiger partial charge in [0.25, 0.3) is 0 Å². The smallest absolute Gasteiger partial charge is 0.243 e. The summed E-state index contributed by atoms with van der Waals surface area (Å²) in [7, 11) is -0.474. The molecule has 4 nitrogen and oxygen atoms in total. The van der Waals surface area contributed by atoms with Crippen LogP contribution in [0.4, 0.5) is 0 Å². The molecule has 0 bridgehead atoms. The van der Waals surface area contributed by atoms with E-state index in [2.05, 4.69) is 11.8 Å². The van der Waals surface area contributed by atoms with E-state index in [9.17, 15) is 8.42 Å². The van der Waals surface area contributed by atoms with E-state index in [-0.39, 0.29) is 11.4 Å². The van der Waals surface area contributed by atoms with E-state index in [1.165, 1.54) is 18.4 Å². The standard InChI is InChI=1S/C12H16N2O2S/c1-10-6-7-12(17(15,16)14(2)3)11(9-10)5-4-8-13/h6-7,9H,8,13H2,1-3H3. The number of nitrogens with two attached hydrogens (primary N) is 1. The van der Waals surface area contributed by atoms with Gasteiger partial charge in [0.1, 0.15) is 0 Å². The third-order valence-electron chi connectivity index (χ3n) is 2.22. The lowest BCUT2D eigenvalue weighted by molar-refractivity contribution is 0.520. The van der Waals surface area contributed by atoms with Crippen LogP contribution in [0.15, 0.2) is 23.1 Å². The predicted molar refractivity (Wildman–Crippen MR) is 68.0 cm³/mol. The van der Waals surface area contributed by atoms with Gasteiger partial charge in [-0.1, -0.05) is 17.9 Å². The van der Waals surface area contributed by atoms with Crippen molar-refractivity contribution in [3.63, 3.8) is 0 Å². The molecule has 0 aromatic heterocycles. The molecule has 92 valence electrons. The molecular weight excluding hydrogens is 236 g/mol. The fraction of sp³-hybridized carbons (Fsp3) is 0.333. The highest BCUT2D eigenvalue weighted by molar-refractivity contribution is 7.89. The molecule has 0 aliphatic carbocycles. The first-order valence-electron chi connectivity index (χ1n) is 5.11. The average molecular weight is 252 g/mol. The van der Waals surface area contributed by atoms with Crippen molar-refractivity contribution in [2.75, 3.05) is 20.6 Å². The minimum absolute atomic E-state index is 0.204. The van der Waals surface area contributed by atoms with Crippen molar-refractivity contribution in [3.05, 3.63) is 29.3 Å². The highest BCUT2D eigenvalue weighted by atomic mass is 32.2. The first kappa shape index (κ1) is 13.7. The van der Waals surface area contributed by atoms with E-state index in [0.717, 1.165) is 5.56 Å². The second-order valence-corrected chi connectivity index (χ2v) is 5.91. The molecule has 17 heavy (non-hydrogen) atoms. The molecule has 0 saturated carbocycles. The Morgan fingerprint density at radius 2 is 2.00 bits per heavy atom. The van der Waals surface area contributed by atoms with Crippen LogP contribution in [0.3, 0.4) is 0 Å². The molecule has 0 atom stereocenters. The Balaban J connectivity index is 3.44. The van der Waals surface area contributed by atoms with Crippen LogP contribution in [-0.2, 0) is 10.0 Å². The zero-order chi connectivity index (χ0) is 13.1. The SMILES string of the molecule is Cc1ccc(S(=O)(=O)N(C)C)c(C#CCN)c1. The third-order valence-corrected chi connectivity index (χ3v) is 4.09. The summed E-state index contributed by atoms with van der Waals surface area (Å²) < 4.78 is 25.3. The Morgan fingerprint density at radius 1 is 1.35 bits per heavy atom. The summed E-state index contributed by atoms with van der Waals surface area (Å²) in [6.45, 7) is 2.09. The van der Waals surface area contributed by atoms with E-state index in [4.69, 9.17) is 5.73 Å². The quantitative estimate of drug-likeness (QED) is 0.782. The third kappa shape index (κ3) is 3.07. The summed E-state index contributed by atoms with van der Waals surface area (Å²) in [5, 5.41) is 0. The molecule has 0 fully saturated rings. The molecule has 0 heterocycles. The number of benzene rings is 1. The van der Waals surface area contributed by atoms with Gasteiger partial charge in [-0.25, -0.2) is 12.7 Å². The molecule has 1 rings (SSSR count). The van der Waals surface area contributed by atoms with Gasteiger partial charge in [-0.15, -0.1) is 0 Å². The minimum Gasteiger partial charge on any atom is -0.320 e. The van der Waals surface area contributed by atoms with Gasteiger partial charge in [0, 0.05) is 19.7 Å². The van der Waals surface area contributed by atoms with Crippen LogP contribution in [-0.4, -0.2) is 33.4 Å². The first-order valence-corrected chi connectivity index (χ1v) is 6.55. The summed E-state index contributed by atoms with van der Waals surface area (Å²) >= 11 is 0. The maximum atomic E-state index is 12.1. The molecule has 0 aliphatic heterocycles. The second-order valence-electron chi connectivity index (χ2n) is 3.79. The Morgan fingerprint density at radius 3 is 2.53 bits per heavy atom. The maximum absolute atomic E-state index is 12.1. The Labute approximate surface area is 102 Å². The second kappa shape index (κ2) is 5.32. The fourth-order valence-electron chi connectivity index (χ4n) is 1.31. The van der Waals surface area contributed by atoms with Gasteiger partial charge in [-0.3, -0.25) is 0 Å². The van der Waals surface area contributed by atoms with Gasteiger partial charge in [0.05, 0.1) is 11.4 Å². The van der Waals surface area contributed by atoms with Gasteiger partial charge in [-0.2, -0.15) is 0 Å². The molecule has 0 unspecified atom stereocenters. The van der Waals surface area contributed by atoms with Crippen molar-refractivity contribution in [1.82, 2.24) is 4.31 Å². The van der Waals surface area contributed by atoms with Gasteiger partial charge in [0.15, 0.2) is 0 Å². The number of hydrogen-bond donors (Lipinski definition) is 1. The molecule has 5 heteroatoms. The van der Waals surface area contributed by atoms with E-state index in [1.54, 1.807) is 18.2 Å². The number of aryl methyl sites for hydroxylation is 1. The average Bonchev–Trinajstić information content (AvgIpc) is 2.25. The summed E-state index contributed by atoms with van der Waals surface area (Å²) in [5.41, 5.74) is 6.75. The summed E-state index contributed by atoms with van der Waals surface area (Å²) in [5.74, 6) is 5.47. The summed E-state index contributed by atoms with van der Waals surface area (Å²) in [4.78, 5) is 0.217. The van der Waals surface area contributed by atoms with Gasteiger partial charge in [0.2, 0.25) is 10.0 Å². The summed E-state index contributed by atoms with van der Waals surface area (Å²) in [6.07, 6.45) is 0. The summed E-state index contributed by atoms with van der Waals surface area (Å²) in [6, 6.07) is 5.08. The van der Waals surface area contributed by atoms with Crippen LogP contribution in [0.5, 0.6) is 0 Å². The lowest BCUT2D eigenvalue weighted by Gasteiger charge is -2.13. The molecule has 0 spiro atoms. The van der Waals surface area contributed by atoms with E-state index in [0.29, 0.717) is 5.56 Å². The van der Waals surface area contributed by atoms with Crippen molar-refractivity contribution in [2.24, 2.45) is 5.73 Å². The van der Waals surface area contributed by atoms with Gasteiger partial charge >= 0.3 is 0 Å². The van der Waals surface area contributed by atoms with Crippen molar-refractivity contribution >= 4 is 10.0 Å². The minimum atomic E-state index is -3.46. The van der Waals surface area contributed by atoms with E-state index >= 15 is 0 Å². The largest absolute Gasteiger partial charge is 0.320 e. The zero-order valence-corrected chi connectivity index (χ0v) is 11.0. The maximum Gasteiger partial charge on any atom is 0.243 e. The van der Waals surface area contributed by atoms with E-state index < -0.39 is 10.0 Å². The molecule has 2 N–H and O–H groups in total. The molecule has 1 aromatic carbocycles. The lowest BCUT2D eigenvalue weighted by atomic mass is 10.1.